The molecular weight excluding hydrogens is 436 g/mol. The van der Waals surface area contributed by atoms with Crippen LogP contribution in [-0.2, 0) is 15.6 Å². The predicted octanol–water partition coefficient (Wildman–Crippen LogP) is 3.78. The van der Waals surface area contributed by atoms with Crippen molar-refractivity contribution in [2.24, 2.45) is 5.92 Å². The van der Waals surface area contributed by atoms with Gasteiger partial charge in [0.05, 0.1) is 11.3 Å². The number of benzene rings is 3. The molecule has 1 aliphatic heterocycles. The Morgan fingerprint density at radius 1 is 0.829 bits per heavy atom. The number of carbonyl (C=O) groups is 3. The molecule has 1 heterocycles. The number of nitrogens with one attached hydrogen (secondary N) is 1. The average molecular weight is 465 g/mol. The Morgan fingerprint density at radius 2 is 1.31 bits per heavy atom. The van der Waals surface area contributed by atoms with Crippen molar-refractivity contribution in [3.05, 3.63) is 107 Å². The molecule has 3 aliphatic rings. The van der Waals surface area contributed by atoms with Gasteiger partial charge in [-0.05, 0) is 32.0 Å². The van der Waals surface area contributed by atoms with E-state index in [0.717, 1.165) is 11.1 Å². The fourth-order valence-electron chi connectivity index (χ4n) is 7.50. The first-order valence-electron chi connectivity index (χ1n) is 12.2. The molecule has 5 nitrogen and oxygen atoms in total. The maximum atomic E-state index is 14.4. The summed E-state index contributed by atoms with van der Waals surface area (Å²) in [4.78, 5) is 44.7. The Morgan fingerprint density at radius 3 is 1.83 bits per heavy atom. The maximum Gasteiger partial charge on any atom is 0.225 e. The van der Waals surface area contributed by atoms with Gasteiger partial charge in [-0.15, -0.1) is 0 Å². The molecule has 1 saturated heterocycles. The SMILES string of the molecule is CC(C)NC(=O)[C@@H]1[C@@]2(c3ccccc3)CN(C)C3(C(=O)c4ccccc4C3=O)[C@@]12c1ccccc1. The summed E-state index contributed by atoms with van der Waals surface area (Å²) in [7, 11) is 1.86. The van der Waals surface area contributed by atoms with Gasteiger partial charge in [-0.3, -0.25) is 19.3 Å². The van der Waals surface area contributed by atoms with Crippen molar-refractivity contribution in [2.45, 2.75) is 36.3 Å². The van der Waals surface area contributed by atoms with E-state index in [9.17, 15) is 14.4 Å². The van der Waals surface area contributed by atoms with Gasteiger partial charge in [0, 0.05) is 29.1 Å². The standard InChI is InChI=1S/C30H28N2O3/c1-19(2)31-27(35)24-28(20-12-6-4-7-13-20)18-32(3)30(29(24,28)21-14-8-5-9-15-21)25(33)22-16-10-11-17-23(22)26(30)34/h4-17,19,24H,18H2,1-3H3,(H,31,35)/t24-,28+,29+/m1/s1. The average Bonchev–Trinajstić information content (AvgIpc) is 3.32. The van der Waals surface area contributed by atoms with Gasteiger partial charge >= 0.3 is 0 Å². The molecule has 3 aromatic rings. The molecule has 3 atom stereocenters. The number of Topliss-reactive ketones (excluding diaryl/α,β-unsaturated/α-hetero) is 2. The first kappa shape index (κ1) is 21.9. The number of likely N-dealkylation sites (N-methyl/N-ethyl adjacent to an activating group) is 1. The highest BCUT2D eigenvalue weighted by Crippen LogP contribution is 2.80. The highest BCUT2D eigenvalue weighted by molar-refractivity contribution is 6.35. The molecule has 1 amide bonds. The van der Waals surface area contributed by atoms with Gasteiger partial charge in [-0.1, -0.05) is 84.9 Å². The summed E-state index contributed by atoms with van der Waals surface area (Å²) in [5, 5.41) is 3.11. The maximum absolute atomic E-state index is 14.4. The van der Waals surface area contributed by atoms with Gasteiger partial charge in [-0.2, -0.15) is 0 Å². The zero-order valence-corrected chi connectivity index (χ0v) is 20.1. The molecule has 0 radical (unpaired) electrons. The summed E-state index contributed by atoms with van der Waals surface area (Å²) < 4.78 is 0. The van der Waals surface area contributed by atoms with Crippen molar-refractivity contribution >= 4 is 17.5 Å². The Kier molecular flexibility index (Phi) is 4.52. The summed E-state index contributed by atoms with van der Waals surface area (Å²) in [6, 6.07) is 26.7. The zero-order chi connectivity index (χ0) is 24.6. The van der Waals surface area contributed by atoms with Crippen LogP contribution in [0.25, 0.3) is 0 Å². The fraction of sp³-hybridized carbons (Fsp3) is 0.300. The van der Waals surface area contributed by atoms with Crippen LogP contribution in [0.5, 0.6) is 0 Å². The van der Waals surface area contributed by atoms with Gasteiger partial charge in [0.2, 0.25) is 5.91 Å². The number of carbonyl (C=O) groups excluding carboxylic acids is 3. The minimum Gasteiger partial charge on any atom is -0.354 e. The van der Waals surface area contributed by atoms with Gasteiger partial charge in [-0.25, -0.2) is 0 Å². The third-order valence-electron chi connectivity index (χ3n) is 8.46. The molecule has 6 rings (SSSR count). The second-order valence-electron chi connectivity index (χ2n) is 10.4. The lowest BCUT2D eigenvalue weighted by molar-refractivity contribution is -0.124. The predicted molar refractivity (Wildman–Crippen MR) is 133 cm³/mol. The molecule has 5 heteroatoms. The smallest absolute Gasteiger partial charge is 0.225 e. The molecule has 176 valence electrons. The number of fused-ring (bicyclic) bond motifs is 3. The summed E-state index contributed by atoms with van der Waals surface area (Å²) in [5.74, 6) is -1.10. The van der Waals surface area contributed by atoms with Crippen LogP contribution in [0.1, 0.15) is 45.7 Å². The molecule has 35 heavy (non-hydrogen) atoms. The van der Waals surface area contributed by atoms with Crippen molar-refractivity contribution in [1.82, 2.24) is 10.2 Å². The van der Waals surface area contributed by atoms with Crippen molar-refractivity contribution in [1.29, 1.82) is 0 Å². The van der Waals surface area contributed by atoms with E-state index in [0.29, 0.717) is 17.7 Å². The number of hydrogen-bond donors (Lipinski definition) is 1. The lowest BCUT2D eigenvalue weighted by Crippen LogP contribution is -2.61. The van der Waals surface area contributed by atoms with Crippen LogP contribution in [0.2, 0.25) is 0 Å². The summed E-state index contributed by atoms with van der Waals surface area (Å²) in [6.45, 7) is 4.29. The van der Waals surface area contributed by atoms with E-state index in [-0.39, 0.29) is 23.5 Å². The highest BCUT2D eigenvalue weighted by atomic mass is 16.2. The Bertz CT molecular complexity index is 1330. The minimum atomic E-state index is -1.49. The van der Waals surface area contributed by atoms with Crippen LogP contribution in [0.15, 0.2) is 84.9 Å². The van der Waals surface area contributed by atoms with Crippen LogP contribution < -0.4 is 5.32 Å². The largest absolute Gasteiger partial charge is 0.354 e. The van der Waals surface area contributed by atoms with Crippen molar-refractivity contribution in [3.8, 4) is 0 Å². The van der Waals surface area contributed by atoms with E-state index < -0.39 is 22.3 Å². The Balaban J connectivity index is 1.71. The molecule has 2 fully saturated rings. The van der Waals surface area contributed by atoms with Gasteiger partial charge in [0.25, 0.3) is 0 Å². The third kappa shape index (κ3) is 2.34. The number of ketones is 2. The van der Waals surface area contributed by atoms with E-state index in [4.69, 9.17) is 0 Å². The van der Waals surface area contributed by atoms with Crippen LogP contribution in [0.3, 0.4) is 0 Å². The third-order valence-corrected chi connectivity index (χ3v) is 8.46. The number of amides is 1. The van der Waals surface area contributed by atoms with Crippen molar-refractivity contribution < 1.29 is 14.4 Å². The summed E-state index contributed by atoms with van der Waals surface area (Å²) in [6.07, 6.45) is 0. The van der Waals surface area contributed by atoms with Gasteiger partial charge in [0.1, 0.15) is 0 Å². The first-order valence-corrected chi connectivity index (χ1v) is 12.2. The van der Waals surface area contributed by atoms with Crippen molar-refractivity contribution in [3.63, 3.8) is 0 Å². The molecule has 2 aliphatic carbocycles. The number of rotatable bonds is 4. The highest BCUT2D eigenvalue weighted by Gasteiger charge is 2.95. The Labute approximate surface area is 205 Å². The molecular formula is C30H28N2O3. The van der Waals surface area contributed by atoms with E-state index in [2.05, 4.69) is 5.32 Å². The second kappa shape index (κ2) is 7.22. The summed E-state index contributed by atoms with van der Waals surface area (Å²) >= 11 is 0. The van der Waals surface area contributed by atoms with E-state index in [1.165, 1.54) is 0 Å². The van der Waals surface area contributed by atoms with Crippen LogP contribution in [-0.4, -0.2) is 47.5 Å². The quantitative estimate of drug-likeness (QED) is 0.597. The zero-order valence-electron chi connectivity index (χ0n) is 20.1. The van der Waals surface area contributed by atoms with Crippen LogP contribution in [0, 0.1) is 5.92 Å². The molecule has 0 bridgehead atoms. The van der Waals surface area contributed by atoms with E-state index >= 15 is 0 Å². The van der Waals surface area contributed by atoms with Crippen LogP contribution >= 0.6 is 0 Å². The Hall–Kier alpha value is -3.57. The molecule has 1 N–H and O–H groups in total. The normalized spacial score (nSPS) is 28.3. The molecule has 1 spiro atoms. The lowest BCUT2D eigenvalue weighted by atomic mass is 9.68. The second-order valence-corrected chi connectivity index (χ2v) is 10.4. The topological polar surface area (TPSA) is 66.5 Å². The number of likely N-dealkylation sites (tertiary alicyclic amines) is 1. The first-order chi connectivity index (χ1) is 16.8. The van der Waals surface area contributed by atoms with E-state index in [1.54, 1.807) is 24.3 Å². The molecule has 0 aromatic heterocycles. The molecule has 0 unspecified atom stereocenters. The molecule has 3 aromatic carbocycles. The fourth-order valence-corrected chi connectivity index (χ4v) is 7.50. The number of piperidine rings is 1. The monoisotopic (exact) mass is 464 g/mol. The summed E-state index contributed by atoms with van der Waals surface area (Å²) in [5.41, 5.74) is -0.538. The lowest BCUT2D eigenvalue weighted by Gasteiger charge is -2.39. The van der Waals surface area contributed by atoms with Gasteiger partial charge < -0.3 is 5.32 Å². The minimum absolute atomic E-state index is 0.0645. The van der Waals surface area contributed by atoms with Crippen LogP contribution in [0.4, 0.5) is 0 Å². The molecule has 1 saturated carbocycles. The number of nitrogens with zero attached hydrogens (tertiary/aromatic N) is 1. The number of hydrogen-bond acceptors (Lipinski definition) is 4. The van der Waals surface area contributed by atoms with Crippen molar-refractivity contribution in [2.75, 3.05) is 13.6 Å². The van der Waals surface area contributed by atoms with Gasteiger partial charge in [0.15, 0.2) is 17.1 Å². The van der Waals surface area contributed by atoms with E-state index in [1.807, 2.05) is 86.5 Å².